The molecule has 0 radical (unpaired) electrons. The van der Waals surface area contributed by atoms with Crippen LogP contribution < -0.4 is 4.90 Å². The second-order valence-electron chi connectivity index (χ2n) is 6.03. The number of imidazole rings is 1. The van der Waals surface area contributed by atoms with E-state index in [0.29, 0.717) is 5.69 Å². The fourth-order valence-electron chi connectivity index (χ4n) is 3.41. The molecule has 0 spiro atoms. The number of rotatable bonds is 2. The topological polar surface area (TPSA) is 37.6 Å². The first-order valence-corrected chi connectivity index (χ1v) is 9.04. The fraction of sp³-hybridized carbons (Fsp3) is 0.263. The van der Waals surface area contributed by atoms with Crippen LogP contribution in [-0.4, -0.2) is 21.8 Å². The molecule has 3 heterocycles. The highest BCUT2D eigenvalue weighted by Crippen LogP contribution is 2.29. The number of carbonyl (C=O) groups is 1. The molecule has 0 unspecified atom stereocenters. The van der Waals surface area contributed by atoms with Crippen LogP contribution in [0.1, 0.15) is 35.1 Å². The molecule has 4 rings (SSSR count). The molecule has 0 saturated heterocycles. The minimum absolute atomic E-state index is 0.0320. The number of pyridine rings is 1. The summed E-state index contributed by atoms with van der Waals surface area (Å²) < 4.78 is 2.84. The summed E-state index contributed by atoms with van der Waals surface area (Å²) in [4.78, 5) is 19.9. The number of anilines is 1. The van der Waals surface area contributed by atoms with Gasteiger partial charge in [0.2, 0.25) is 0 Å². The van der Waals surface area contributed by atoms with E-state index in [1.165, 1.54) is 5.56 Å². The number of halogens is 1. The zero-order chi connectivity index (χ0) is 16.7. The predicted molar refractivity (Wildman–Crippen MR) is 98.7 cm³/mol. The van der Waals surface area contributed by atoms with Crippen molar-refractivity contribution in [3.05, 3.63) is 64.0 Å². The van der Waals surface area contributed by atoms with Crippen molar-refractivity contribution in [1.82, 2.24) is 9.38 Å². The third-order valence-electron chi connectivity index (χ3n) is 4.55. The van der Waals surface area contributed by atoms with Gasteiger partial charge in [0.05, 0.1) is 5.69 Å². The highest BCUT2D eigenvalue weighted by atomic mass is 79.9. The van der Waals surface area contributed by atoms with Crippen LogP contribution in [0, 0.1) is 0 Å². The third kappa shape index (κ3) is 2.44. The second-order valence-corrected chi connectivity index (χ2v) is 6.94. The number of amides is 1. The molecule has 0 N–H and O–H groups in total. The van der Waals surface area contributed by atoms with E-state index in [4.69, 9.17) is 0 Å². The molecular weight excluding hydrogens is 366 g/mol. The molecule has 0 aliphatic carbocycles. The van der Waals surface area contributed by atoms with E-state index in [1.54, 1.807) is 0 Å². The van der Waals surface area contributed by atoms with Gasteiger partial charge in [-0.25, -0.2) is 4.98 Å². The smallest absolute Gasteiger partial charge is 0.277 e. The highest BCUT2D eigenvalue weighted by Gasteiger charge is 2.27. The lowest BCUT2D eigenvalue weighted by Crippen LogP contribution is -2.36. The Kier molecular flexibility index (Phi) is 3.88. The van der Waals surface area contributed by atoms with Gasteiger partial charge in [-0.3, -0.25) is 9.20 Å². The van der Waals surface area contributed by atoms with Crippen LogP contribution in [0.25, 0.3) is 5.65 Å². The van der Waals surface area contributed by atoms with Gasteiger partial charge in [-0.15, -0.1) is 0 Å². The first kappa shape index (κ1) is 15.4. The van der Waals surface area contributed by atoms with Crippen molar-refractivity contribution in [3.8, 4) is 0 Å². The first-order chi connectivity index (χ1) is 11.7. The van der Waals surface area contributed by atoms with Crippen LogP contribution in [-0.2, 0) is 12.8 Å². The number of aryl methyl sites for hydroxylation is 2. The Bertz CT molecular complexity index is 932. The van der Waals surface area contributed by atoms with Crippen LogP contribution in [0.5, 0.6) is 0 Å². The average Bonchev–Trinajstić information content (AvgIpc) is 2.98. The number of nitrogens with zero attached hydrogens (tertiary/aromatic N) is 3. The quantitative estimate of drug-likeness (QED) is 0.663. The molecule has 122 valence electrons. The maximum absolute atomic E-state index is 13.4. The van der Waals surface area contributed by atoms with Crippen LogP contribution in [0.2, 0.25) is 0 Å². The third-order valence-corrected chi connectivity index (χ3v) is 5.02. The molecule has 0 saturated carbocycles. The molecular formula is C19H18BrN3O. The van der Waals surface area contributed by atoms with Gasteiger partial charge in [-0.2, -0.15) is 0 Å². The normalized spacial score (nSPS) is 14.0. The van der Waals surface area contributed by atoms with Crippen LogP contribution >= 0.6 is 15.9 Å². The van der Waals surface area contributed by atoms with Crippen molar-refractivity contribution in [3.63, 3.8) is 0 Å². The number of hydrogen-bond acceptors (Lipinski definition) is 2. The predicted octanol–water partition coefficient (Wildman–Crippen LogP) is 4.25. The lowest BCUT2D eigenvalue weighted by molar-refractivity contribution is 0.0978. The summed E-state index contributed by atoms with van der Waals surface area (Å²) in [5.74, 6) is 0.0320. The summed E-state index contributed by atoms with van der Waals surface area (Å²) in [6.45, 7) is 2.79. The number of fused-ring (bicyclic) bond motifs is 2. The maximum atomic E-state index is 13.4. The molecule has 1 aliphatic heterocycles. The minimum Gasteiger partial charge on any atom is -0.307 e. The Morgan fingerprint density at radius 3 is 2.92 bits per heavy atom. The van der Waals surface area contributed by atoms with E-state index in [2.05, 4.69) is 27.0 Å². The molecule has 1 amide bonds. The van der Waals surface area contributed by atoms with Crippen molar-refractivity contribution >= 4 is 33.2 Å². The molecule has 0 fully saturated rings. The highest BCUT2D eigenvalue weighted by molar-refractivity contribution is 9.10. The average molecular weight is 384 g/mol. The van der Waals surface area contributed by atoms with Gasteiger partial charge < -0.3 is 4.90 Å². The number of para-hydroxylation sites is 1. The molecule has 5 heteroatoms. The Hall–Kier alpha value is -2.14. The molecule has 1 aromatic carbocycles. The Morgan fingerprint density at radius 2 is 2.08 bits per heavy atom. The van der Waals surface area contributed by atoms with Crippen LogP contribution in [0.15, 0.2) is 47.1 Å². The lowest BCUT2D eigenvalue weighted by atomic mass is 10.0. The molecule has 24 heavy (non-hydrogen) atoms. The zero-order valence-electron chi connectivity index (χ0n) is 13.5. The Balaban J connectivity index is 1.86. The van der Waals surface area contributed by atoms with E-state index in [-0.39, 0.29) is 5.91 Å². The van der Waals surface area contributed by atoms with Crippen LogP contribution in [0.4, 0.5) is 5.69 Å². The van der Waals surface area contributed by atoms with Gasteiger partial charge in [0.1, 0.15) is 11.3 Å². The second kappa shape index (κ2) is 6.06. The summed E-state index contributed by atoms with van der Waals surface area (Å²) in [7, 11) is 0. The molecule has 2 aromatic heterocycles. The zero-order valence-corrected chi connectivity index (χ0v) is 15.1. The summed E-state index contributed by atoms with van der Waals surface area (Å²) in [5, 5.41) is 0. The monoisotopic (exact) mass is 383 g/mol. The van der Waals surface area contributed by atoms with Crippen molar-refractivity contribution in [2.24, 2.45) is 0 Å². The molecule has 0 atom stereocenters. The number of aromatic nitrogens is 2. The van der Waals surface area contributed by atoms with Gasteiger partial charge in [0, 0.05) is 22.9 Å². The largest absolute Gasteiger partial charge is 0.307 e. The van der Waals surface area contributed by atoms with E-state index < -0.39 is 0 Å². The number of carbonyl (C=O) groups excluding carboxylic acids is 1. The summed E-state index contributed by atoms with van der Waals surface area (Å²) in [5.41, 5.74) is 4.60. The van der Waals surface area contributed by atoms with Crippen molar-refractivity contribution < 1.29 is 4.79 Å². The fourth-order valence-corrected chi connectivity index (χ4v) is 3.75. The molecule has 3 aromatic rings. The summed E-state index contributed by atoms with van der Waals surface area (Å²) in [6, 6.07) is 12.1. The molecule has 1 aliphatic rings. The van der Waals surface area contributed by atoms with Crippen molar-refractivity contribution in [1.29, 1.82) is 0 Å². The van der Waals surface area contributed by atoms with Gasteiger partial charge in [-0.1, -0.05) is 25.1 Å². The van der Waals surface area contributed by atoms with E-state index in [0.717, 1.165) is 47.3 Å². The molecule has 0 bridgehead atoms. The van der Waals surface area contributed by atoms with Crippen molar-refractivity contribution in [2.45, 2.75) is 26.2 Å². The SMILES string of the molecule is CCc1nc2ccc(Br)cn2c1C(=O)N1CCCc2ccccc21. The van der Waals surface area contributed by atoms with Gasteiger partial charge in [0.15, 0.2) is 0 Å². The molecule has 4 nitrogen and oxygen atoms in total. The lowest BCUT2D eigenvalue weighted by Gasteiger charge is -2.29. The number of benzene rings is 1. The Labute approximate surface area is 149 Å². The first-order valence-electron chi connectivity index (χ1n) is 8.25. The summed E-state index contributed by atoms with van der Waals surface area (Å²) >= 11 is 3.50. The van der Waals surface area contributed by atoms with Gasteiger partial charge in [0.25, 0.3) is 5.91 Å². The Morgan fingerprint density at radius 1 is 1.25 bits per heavy atom. The minimum atomic E-state index is 0.0320. The van der Waals surface area contributed by atoms with E-state index in [1.807, 2.05) is 52.8 Å². The number of hydrogen-bond donors (Lipinski definition) is 0. The van der Waals surface area contributed by atoms with Gasteiger partial charge >= 0.3 is 0 Å². The summed E-state index contributed by atoms with van der Waals surface area (Å²) in [6.07, 6.45) is 4.67. The maximum Gasteiger partial charge on any atom is 0.277 e. The van der Waals surface area contributed by atoms with Crippen LogP contribution in [0.3, 0.4) is 0 Å². The standard InChI is InChI=1S/C19H18BrN3O/c1-2-15-18(23-12-14(20)9-10-17(23)21-15)19(24)22-11-5-7-13-6-3-4-8-16(13)22/h3-4,6,8-10,12H,2,5,7,11H2,1H3. The van der Waals surface area contributed by atoms with E-state index >= 15 is 0 Å². The van der Waals surface area contributed by atoms with Gasteiger partial charge in [-0.05, 0) is 59.0 Å². The van der Waals surface area contributed by atoms with E-state index in [9.17, 15) is 4.79 Å². The van der Waals surface area contributed by atoms with Crippen molar-refractivity contribution in [2.75, 3.05) is 11.4 Å².